The minimum Gasteiger partial charge on any atom is -0.505 e. The fraction of sp³-hybridized carbons (Fsp3) is 0.333. The molecule has 0 bridgehead atoms. The third kappa shape index (κ3) is 3.15. The van der Waals surface area contributed by atoms with Gasteiger partial charge in [0.2, 0.25) is 0 Å². The summed E-state index contributed by atoms with van der Waals surface area (Å²) in [7, 11) is 0. The summed E-state index contributed by atoms with van der Waals surface area (Å²) in [5.74, 6) is -0.345. The lowest BCUT2D eigenvalue weighted by Crippen LogP contribution is -2.28. The molecule has 25 heavy (non-hydrogen) atoms. The molecule has 1 aliphatic carbocycles. The minimum absolute atomic E-state index is 0.196. The van der Waals surface area contributed by atoms with E-state index in [0.29, 0.717) is 22.7 Å². The Kier molecular flexibility index (Phi) is 4.01. The van der Waals surface area contributed by atoms with E-state index >= 15 is 0 Å². The second-order valence-electron chi connectivity index (χ2n) is 6.45. The average molecular weight is 342 g/mol. The number of imidazole rings is 1. The molecule has 3 aromatic rings. The van der Waals surface area contributed by atoms with Crippen molar-refractivity contribution in [2.24, 2.45) is 0 Å². The quantitative estimate of drug-likeness (QED) is 0.682. The zero-order valence-electron chi connectivity index (χ0n) is 13.6. The lowest BCUT2D eigenvalue weighted by molar-refractivity contribution is 0.126. The van der Waals surface area contributed by atoms with Gasteiger partial charge in [-0.15, -0.1) is 5.10 Å². The van der Waals surface area contributed by atoms with Crippen molar-refractivity contribution in [2.75, 3.05) is 5.32 Å². The number of aromatic hydroxyl groups is 1. The number of hydrogen-bond donors (Lipinski definition) is 3. The van der Waals surface area contributed by atoms with Crippen LogP contribution in [0.5, 0.6) is 5.75 Å². The second-order valence-corrected chi connectivity index (χ2v) is 6.45. The normalized spacial score (nSPS) is 20.7. The van der Waals surface area contributed by atoms with Crippen LogP contribution in [0.1, 0.15) is 25.7 Å². The van der Waals surface area contributed by atoms with E-state index in [9.17, 15) is 14.6 Å². The van der Waals surface area contributed by atoms with Crippen LogP contribution >= 0.6 is 0 Å². The third-order valence-corrected chi connectivity index (χ3v) is 4.65. The van der Waals surface area contributed by atoms with Crippen LogP contribution in [0.2, 0.25) is 0 Å². The Morgan fingerprint density at radius 1 is 1.12 bits per heavy atom. The van der Waals surface area contributed by atoms with Gasteiger partial charge in [-0.25, -0.2) is 13.9 Å². The van der Waals surface area contributed by atoms with Gasteiger partial charge >= 0.3 is 0 Å². The van der Waals surface area contributed by atoms with Crippen LogP contribution in [0.15, 0.2) is 36.5 Å². The van der Waals surface area contributed by atoms with E-state index in [4.69, 9.17) is 0 Å². The number of phenolic OH excluding ortho intramolecular Hbond substituents is 1. The predicted molar refractivity (Wildman–Crippen MR) is 91.9 cm³/mol. The number of aliphatic hydroxyl groups is 1. The molecule has 4 rings (SSSR count). The molecule has 0 unspecified atom stereocenters. The van der Waals surface area contributed by atoms with Crippen LogP contribution < -0.4 is 5.32 Å². The fourth-order valence-corrected chi connectivity index (χ4v) is 3.24. The van der Waals surface area contributed by atoms with Crippen LogP contribution in [-0.2, 0) is 0 Å². The molecule has 0 amide bonds. The standard InChI is InChI=1S/C18H19FN4O2/c19-14-9-11(1-6-16(14)25)15-10-20-18-8-7-17(22-23(15)18)21-12-2-4-13(24)5-3-12/h1,6-10,12-13,24-25H,2-5H2,(H,21,22). The Morgan fingerprint density at radius 2 is 1.92 bits per heavy atom. The number of aliphatic hydroxyl groups excluding tert-OH is 1. The van der Waals surface area contributed by atoms with Crippen molar-refractivity contribution in [3.63, 3.8) is 0 Å². The van der Waals surface area contributed by atoms with Crippen molar-refractivity contribution in [3.8, 4) is 17.0 Å². The van der Waals surface area contributed by atoms with E-state index in [1.807, 2.05) is 12.1 Å². The van der Waals surface area contributed by atoms with Crippen LogP contribution in [0.4, 0.5) is 10.2 Å². The van der Waals surface area contributed by atoms with Gasteiger partial charge in [0.1, 0.15) is 5.82 Å². The lowest BCUT2D eigenvalue weighted by atomic mass is 9.93. The summed E-state index contributed by atoms with van der Waals surface area (Å²) in [6, 6.07) is 8.22. The smallest absolute Gasteiger partial charge is 0.165 e. The molecule has 1 aromatic carbocycles. The molecular weight excluding hydrogens is 323 g/mol. The zero-order valence-corrected chi connectivity index (χ0v) is 13.6. The molecule has 1 saturated carbocycles. The van der Waals surface area contributed by atoms with E-state index in [1.165, 1.54) is 12.1 Å². The highest BCUT2D eigenvalue weighted by molar-refractivity contribution is 5.64. The average Bonchev–Trinajstić information content (AvgIpc) is 3.03. The van der Waals surface area contributed by atoms with E-state index in [2.05, 4.69) is 15.4 Å². The van der Waals surface area contributed by atoms with Gasteiger partial charge in [-0.1, -0.05) is 0 Å². The highest BCUT2D eigenvalue weighted by atomic mass is 19.1. The van der Waals surface area contributed by atoms with E-state index in [0.717, 1.165) is 25.7 Å². The van der Waals surface area contributed by atoms with Crippen LogP contribution in [-0.4, -0.2) is 37.0 Å². The molecule has 3 N–H and O–H groups in total. The molecule has 0 spiro atoms. The summed E-state index contributed by atoms with van der Waals surface area (Å²) in [4.78, 5) is 4.30. The monoisotopic (exact) mass is 342 g/mol. The van der Waals surface area contributed by atoms with Crippen molar-refractivity contribution in [1.82, 2.24) is 14.6 Å². The molecule has 0 saturated heterocycles. The molecule has 1 fully saturated rings. The summed E-state index contributed by atoms with van der Waals surface area (Å²) in [5, 5.41) is 26.9. The topological polar surface area (TPSA) is 82.7 Å². The molecule has 0 radical (unpaired) electrons. The van der Waals surface area contributed by atoms with Crippen molar-refractivity contribution in [3.05, 3.63) is 42.3 Å². The first kappa shape index (κ1) is 15.8. The summed E-state index contributed by atoms with van der Waals surface area (Å²) in [5.41, 5.74) is 1.90. The van der Waals surface area contributed by atoms with E-state index in [-0.39, 0.29) is 17.9 Å². The Bertz CT molecular complexity index is 903. The molecule has 0 atom stereocenters. The number of halogens is 1. The predicted octanol–water partition coefficient (Wildman–Crippen LogP) is 2.96. The number of anilines is 1. The molecule has 130 valence electrons. The number of fused-ring (bicyclic) bond motifs is 1. The maximum atomic E-state index is 13.7. The van der Waals surface area contributed by atoms with Crippen LogP contribution in [0.25, 0.3) is 16.9 Å². The van der Waals surface area contributed by atoms with Gasteiger partial charge in [0.15, 0.2) is 17.2 Å². The number of aromatic nitrogens is 3. The number of benzene rings is 1. The Labute approximate surface area is 144 Å². The number of hydrogen-bond acceptors (Lipinski definition) is 5. The largest absolute Gasteiger partial charge is 0.505 e. The molecule has 0 aliphatic heterocycles. The van der Waals surface area contributed by atoms with Crippen molar-refractivity contribution in [1.29, 1.82) is 0 Å². The highest BCUT2D eigenvalue weighted by Gasteiger charge is 2.19. The fourth-order valence-electron chi connectivity index (χ4n) is 3.24. The Balaban J connectivity index is 1.64. The van der Waals surface area contributed by atoms with Gasteiger partial charge in [0.25, 0.3) is 0 Å². The highest BCUT2D eigenvalue weighted by Crippen LogP contribution is 2.26. The van der Waals surface area contributed by atoms with Crippen molar-refractivity contribution in [2.45, 2.75) is 37.8 Å². The van der Waals surface area contributed by atoms with Gasteiger partial charge in [0, 0.05) is 11.6 Å². The van der Waals surface area contributed by atoms with E-state index < -0.39 is 5.82 Å². The number of rotatable bonds is 3. The summed E-state index contributed by atoms with van der Waals surface area (Å²) < 4.78 is 15.3. The van der Waals surface area contributed by atoms with Crippen LogP contribution in [0, 0.1) is 5.82 Å². The summed E-state index contributed by atoms with van der Waals surface area (Å²) in [6.07, 6.45) is 4.83. The molecule has 2 heterocycles. The molecular formula is C18H19FN4O2. The van der Waals surface area contributed by atoms with Gasteiger partial charge in [0.05, 0.1) is 18.0 Å². The number of nitrogens with zero attached hydrogens (tertiary/aromatic N) is 3. The number of phenols is 1. The maximum absolute atomic E-state index is 13.7. The van der Waals surface area contributed by atoms with Gasteiger partial charge in [-0.2, -0.15) is 0 Å². The first-order chi connectivity index (χ1) is 12.1. The Morgan fingerprint density at radius 3 is 2.68 bits per heavy atom. The summed E-state index contributed by atoms with van der Waals surface area (Å²) in [6.45, 7) is 0. The number of nitrogens with one attached hydrogen (secondary N) is 1. The van der Waals surface area contributed by atoms with Crippen molar-refractivity contribution < 1.29 is 14.6 Å². The molecule has 1 aliphatic rings. The first-order valence-corrected chi connectivity index (χ1v) is 8.38. The third-order valence-electron chi connectivity index (χ3n) is 4.65. The zero-order chi connectivity index (χ0) is 17.4. The van der Waals surface area contributed by atoms with Crippen molar-refractivity contribution >= 4 is 11.5 Å². The SMILES string of the molecule is Oc1ccc(-c2cnc3ccc(NC4CCC(O)CC4)nn23)cc1F. The van der Waals surface area contributed by atoms with Gasteiger partial charge in [-0.3, -0.25) is 0 Å². The first-order valence-electron chi connectivity index (χ1n) is 8.38. The molecule has 6 nitrogen and oxygen atoms in total. The van der Waals surface area contributed by atoms with Gasteiger partial charge < -0.3 is 15.5 Å². The maximum Gasteiger partial charge on any atom is 0.165 e. The van der Waals surface area contributed by atoms with Crippen LogP contribution in [0.3, 0.4) is 0 Å². The molecule has 2 aromatic heterocycles. The lowest BCUT2D eigenvalue weighted by Gasteiger charge is -2.26. The second kappa shape index (κ2) is 6.33. The van der Waals surface area contributed by atoms with E-state index in [1.54, 1.807) is 16.8 Å². The van der Waals surface area contributed by atoms with Gasteiger partial charge in [-0.05, 0) is 56.0 Å². The Hall–Kier alpha value is -2.67. The molecule has 7 heteroatoms. The summed E-state index contributed by atoms with van der Waals surface area (Å²) >= 11 is 0. The minimum atomic E-state index is -0.678.